The largest absolute Gasteiger partial charge is 0.329 e. The quantitative estimate of drug-likeness (QED) is 0.266. The molecule has 0 aromatic carbocycles. The zero-order chi connectivity index (χ0) is 8.36. The average molecular weight is 160 g/mol. The van der Waals surface area contributed by atoms with Crippen molar-refractivity contribution < 1.29 is 0 Å². The monoisotopic (exact) mass is 160 g/mol. The zero-order valence-electron chi connectivity index (χ0n) is 7.10. The molecular formula is C7H20N4. The first-order valence-corrected chi connectivity index (χ1v) is 4.23. The van der Waals surface area contributed by atoms with Crippen LogP contribution >= 0.6 is 0 Å². The van der Waals surface area contributed by atoms with E-state index in [0.717, 1.165) is 26.2 Å². The van der Waals surface area contributed by atoms with Crippen molar-refractivity contribution in [1.82, 2.24) is 10.6 Å². The zero-order valence-corrected chi connectivity index (χ0v) is 7.10. The molecule has 0 rings (SSSR count). The molecule has 0 aromatic rings. The summed E-state index contributed by atoms with van der Waals surface area (Å²) in [6.07, 6.45) is 2.36. The summed E-state index contributed by atoms with van der Waals surface area (Å²) in [5.41, 5.74) is 10.5. The third kappa shape index (κ3) is 9.84. The molecule has 6 N–H and O–H groups in total. The van der Waals surface area contributed by atoms with Gasteiger partial charge in [-0.1, -0.05) is 0 Å². The molecule has 4 heteroatoms. The van der Waals surface area contributed by atoms with Crippen molar-refractivity contribution >= 4 is 0 Å². The van der Waals surface area contributed by atoms with Gasteiger partial charge in [-0.05, 0) is 25.9 Å². The molecule has 0 heterocycles. The molecule has 0 radical (unpaired) electrons. The van der Waals surface area contributed by atoms with Crippen LogP contribution in [-0.2, 0) is 0 Å². The standard InChI is InChI=1S/C7H20N4/c8-3-6-10-4-1-2-5-11-7-9/h10-11H,1-9H2. The molecule has 0 aliphatic carbocycles. The Morgan fingerprint density at radius 3 is 2.00 bits per heavy atom. The van der Waals surface area contributed by atoms with Crippen molar-refractivity contribution in [2.24, 2.45) is 11.5 Å². The number of rotatable bonds is 8. The molecule has 11 heavy (non-hydrogen) atoms. The Hall–Kier alpha value is -0.160. The second-order valence-corrected chi connectivity index (χ2v) is 2.45. The predicted octanol–water partition coefficient (Wildman–Crippen LogP) is -1.18. The van der Waals surface area contributed by atoms with Gasteiger partial charge in [0.25, 0.3) is 0 Å². The average Bonchev–Trinajstić information content (AvgIpc) is 2.03. The van der Waals surface area contributed by atoms with E-state index in [1.165, 1.54) is 12.8 Å². The Bertz CT molecular complexity index is 59.5. The molecule has 68 valence electrons. The molecule has 0 spiro atoms. The van der Waals surface area contributed by atoms with Gasteiger partial charge in [0.15, 0.2) is 0 Å². The summed E-state index contributed by atoms with van der Waals surface area (Å²) >= 11 is 0. The molecule has 0 bridgehead atoms. The maximum Gasteiger partial charge on any atom is 0.0428 e. The third-order valence-corrected chi connectivity index (χ3v) is 1.42. The van der Waals surface area contributed by atoms with Crippen LogP contribution in [0.25, 0.3) is 0 Å². The summed E-state index contributed by atoms with van der Waals surface area (Å²) in [4.78, 5) is 0. The summed E-state index contributed by atoms with van der Waals surface area (Å²) in [5, 5.41) is 6.29. The van der Waals surface area contributed by atoms with Gasteiger partial charge in [0, 0.05) is 19.8 Å². The first-order valence-electron chi connectivity index (χ1n) is 4.23. The molecule has 0 aliphatic heterocycles. The Morgan fingerprint density at radius 1 is 0.818 bits per heavy atom. The highest BCUT2D eigenvalue weighted by atomic mass is 14.9. The van der Waals surface area contributed by atoms with Crippen molar-refractivity contribution in [3.05, 3.63) is 0 Å². The van der Waals surface area contributed by atoms with Gasteiger partial charge in [0.05, 0.1) is 0 Å². The molecule has 0 saturated carbocycles. The van der Waals surface area contributed by atoms with Crippen molar-refractivity contribution in [2.75, 3.05) is 32.8 Å². The summed E-state index contributed by atoms with van der Waals surface area (Å²) in [6.45, 7) is 4.30. The van der Waals surface area contributed by atoms with Crippen LogP contribution < -0.4 is 22.1 Å². The van der Waals surface area contributed by atoms with Gasteiger partial charge in [-0.3, -0.25) is 0 Å². The lowest BCUT2D eigenvalue weighted by Crippen LogP contribution is -2.26. The van der Waals surface area contributed by atoms with Gasteiger partial charge in [-0.25, -0.2) is 0 Å². The highest BCUT2D eigenvalue weighted by Crippen LogP contribution is 1.82. The fraction of sp³-hybridized carbons (Fsp3) is 1.00. The Kier molecular flexibility index (Phi) is 9.70. The molecule has 0 saturated heterocycles. The van der Waals surface area contributed by atoms with Gasteiger partial charge in [-0.15, -0.1) is 0 Å². The Morgan fingerprint density at radius 2 is 1.45 bits per heavy atom. The lowest BCUT2D eigenvalue weighted by atomic mass is 10.3. The van der Waals surface area contributed by atoms with E-state index in [0.29, 0.717) is 6.67 Å². The van der Waals surface area contributed by atoms with E-state index >= 15 is 0 Å². The first kappa shape index (κ1) is 10.8. The molecule has 0 aliphatic rings. The highest BCUT2D eigenvalue weighted by molar-refractivity contribution is 4.50. The van der Waals surface area contributed by atoms with Crippen LogP contribution in [0.1, 0.15) is 12.8 Å². The lowest BCUT2D eigenvalue weighted by molar-refractivity contribution is 0.591. The van der Waals surface area contributed by atoms with E-state index in [1.54, 1.807) is 0 Å². The normalized spacial score (nSPS) is 10.4. The minimum absolute atomic E-state index is 0.580. The molecule has 4 nitrogen and oxygen atoms in total. The number of unbranched alkanes of at least 4 members (excludes halogenated alkanes) is 1. The maximum absolute atomic E-state index is 5.30. The summed E-state index contributed by atoms with van der Waals surface area (Å²) in [5.74, 6) is 0. The van der Waals surface area contributed by atoms with Crippen molar-refractivity contribution in [3.8, 4) is 0 Å². The predicted molar refractivity (Wildman–Crippen MR) is 48.2 cm³/mol. The van der Waals surface area contributed by atoms with Gasteiger partial charge < -0.3 is 22.1 Å². The van der Waals surface area contributed by atoms with E-state index in [2.05, 4.69) is 10.6 Å². The first-order chi connectivity index (χ1) is 5.41. The minimum Gasteiger partial charge on any atom is -0.329 e. The Labute approximate surface area is 68.7 Å². The SMILES string of the molecule is NCCNCCCCNCN. The van der Waals surface area contributed by atoms with Crippen LogP contribution in [-0.4, -0.2) is 32.8 Å². The van der Waals surface area contributed by atoms with E-state index in [-0.39, 0.29) is 0 Å². The fourth-order valence-corrected chi connectivity index (χ4v) is 0.829. The van der Waals surface area contributed by atoms with E-state index in [1.807, 2.05) is 0 Å². The van der Waals surface area contributed by atoms with Gasteiger partial charge in [0.2, 0.25) is 0 Å². The second-order valence-electron chi connectivity index (χ2n) is 2.45. The van der Waals surface area contributed by atoms with Crippen molar-refractivity contribution in [2.45, 2.75) is 12.8 Å². The van der Waals surface area contributed by atoms with Crippen LogP contribution in [0.15, 0.2) is 0 Å². The third-order valence-electron chi connectivity index (χ3n) is 1.42. The van der Waals surface area contributed by atoms with Crippen LogP contribution in [0.5, 0.6) is 0 Å². The molecule has 0 amide bonds. The van der Waals surface area contributed by atoms with Crippen LogP contribution in [0.3, 0.4) is 0 Å². The molecular weight excluding hydrogens is 140 g/mol. The highest BCUT2D eigenvalue weighted by Gasteiger charge is 1.86. The van der Waals surface area contributed by atoms with Gasteiger partial charge in [0.1, 0.15) is 0 Å². The van der Waals surface area contributed by atoms with Crippen LogP contribution in [0.2, 0.25) is 0 Å². The Balaban J connectivity index is 2.69. The number of nitrogens with two attached hydrogens (primary N) is 2. The van der Waals surface area contributed by atoms with E-state index < -0.39 is 0 Å². The summed E-state index contributed by atoms with van der Waals surface area (Å²) in [6, 6.07) is 0. The summed E-state index contributed by atoms with van der Waals surface area (Å²) in [7, 11) is 0. The van der Waals surface area contributed by atoms with Gasteiger partial charge >= 0.3 is 0 Å². The van der Waals surface area contributed by atoms with E-state index in [9.17, 15) is 0 Å². The lowest BCUT2D eigenvalue weighted by Gasteiger charge is -2.02. The number of hydrogen-bond donors (Lipinski definition) is 4. The number of hydrogen-bond acceptors (Lipinski definition) is 4. The molecule has 0 aromatic heterocycles. The van der Waals surface area contributed by atoms with Gasteiger partial charge in [-0.2, -0.15) is 0 Å². The smallest absolute Gasteiger partial charge is 0.0428 e. The fourth-order valence-electron chi connectivity index (χ4n) is 0.829. The van der Waals surface area contributed by atoms with Crippen molar-refractivity contribution in [1.29, 1.82) is 0 Å². The minimum atomic E-state index is 0.580. The topological polar surface area (TPSA) is 76.1 Å². The molecule has 0 unspecified atom stereocenters. The molecule has 0 fully saturated rings. The summed E-state index contributed by atoms with van der Waals surface area (Å²) < 4.78 is 0. The second kappa shape index (κ2) is 9.84. The van der Waals surface area contributed by atoms with Crippen LogP contribution in [0, 0.1) is 0 Å². The maximum atomic E-state index is 5.30. The molecule has 0 atom stereocenters. The van der Waals surface area contributed by atoms with Crippen molar-refractivity contribution in [3.63, 3.8) is 0 Å². The number of nitrogens with one attached hydrogen (secondary N) is 2. The van der Waals surface area contributed by atoms with E-state index in [4.69, 9.17) is 11.5 Å². The van der Waals surface area contributed by atoms with Crippen LogP contribution in [0.4, 0.5) is 0 Å².